The van der Waals surface area contributed by atoms with Gasteiger partial charge in [0.2, 0.25) is 5.91 Å². The fourth-order valence-corrected chi connectivity index (χ4v) is 6.53. The maximum absolute atomic E-state index is 16.5. The quantitative estimate of drug-likeness (QED) is 0.351. The third-order valence-electron chi connectivity index (χ3n) is 8.06. The topological polar surface area (TPSA) is 99.4 Å². The third-order valence-corrected chi connectivity index (χ3v) is 8.42. The van der Waals surface area contributed by atoms with Crippen LogP contribution in [-0.4, -0.2) is 28.5 Å². The van der Waals surface area contributed by atoms with E-state index in [1.807, 2.05) is 30.3 Å². The zero-order chi connectivity index (χ0) is 27.6. The molecule has 10 heteroatoms. The highest BCUT2D eigenvalue weighted by atomic mass is 35.5. The summed E-state index contributed by atoms with van der Waals surface area (Å²) in [5, 5.41) is 3.19. The molecular weight excluding hydrogens is 538 g/mol. The minimum atomic E-state index is -0.905. The number of carbonyl (C=O) groups is 1. The molecule has 0 bridgehead atoms. The van der Waals surface area contributed by atoms with Crippen LogP contribution in [0.3, 0.4) is 0 Å². The second kappa shape index (κ2) is 9.25. The number of carbonyl (C=O) groups excluding carboxylic acids is 1. The molecule has 1 aromatic heterocycles. The Bertz CT molecular complexity index is 1690. The van der Waals surface area contributed by atoms with Crippen LogP contribution < -0.4 is 20.5 Å². The van der Waals surface area contributed by atoms with E-state index in [9.17, 15) is 4.79 Å². The average molecular weight is 561 g/mol. The Morgan fingerprint density at radius 2 is 2.00 bits per heavy atom. The first-order valence-electron chi connectivity index (χ1n) is 13.0. The largest absolute Gasteiger partial charge is 0.485 e. The Kier molecular flexibility index (Phi) is 5.76. The number of primary amides is 1. The fraction of sp³-hybridized carbons (Fsp3) is 0.233. The Hall–Kier alpha value is -4.08. The summed E-state index contributed by atoms with van der Waals surface area (Å²) < 4.78 is 44.4. The maximum atomic E-state index is 16.5. The van der Waals surface area contributed by atoms with Gasteiger partial charge < -0.3 is 20.5 Å². The van der Waals surface area contributed by atoms with Crippen LogP contribution in [0.15, 0.2) is 55.0 Å². The summed E-state index contributed by atoms with van der Waals surface area (Å²) in [6.07, 6.45) is 4.95. The first-order valence-corrected chi connectivity index (χ1v) is 13.3. The molecule has 40 heavy (non-hydrogen) atoms. The predicted octanol–water partition coefficient (Wildman–Crippen LogP) is 5.32. The van der Waals surface area contributed by atoms with Crippen LogP contribution in [0.25, 0.3) is 22.4 Å². The predicted molar refractivity (Wildman–Crippen MR) is 144 cm³/mol. The van der Waals surface area contributed by atoms with Crippen molar-refractivity contribution in [1.82, 2.24) is 15.3 Å². The lowest BCUT2D eigenvalue weighted by Crippen LogP contribution is -2.48. The van der Waals surface area contributed by atoms with Crippen LogP contribution in [0.4, 0.5) is 8.78 Å². The number of hydrogen-bond donors (Lipinski definition) is 2. The normalized spacial score (nSPS) is 20.7. The standard InChI is InChI=1S/C30H23ClF2N4O3/c31-25-20(32)10-21-19(11-30(40-21,22-7-4-8-36-22)16-5-2-1-3-6-16)23(25)24-17(29(34)38)9-18-27-15(12-35-14-37-27)13-39-28(18)26(24)33/h1-3,5-6,9-10,12,14,22,36H,4,7-8,11,13H2,(H2,34,38)/t22-,30-/m0/s1. The lowest BCUT2D eigenvalue weighted by Gasteiger charge is -2.35. The zero-order valence-corrected chi connectivity index (χ0v) is 21.9. The van der Waals surface area contributed by atoms with E-state index in [1.165, 1.54) is 18.5 Å². The highest BCUT2D eigenvalue weighted by molar-refractivity contribution is 6.34. The molecule has 4 aromatic rings. The zero-order valence-electron chi connectivity index (χ0n) is 21.1. The van der Waals surface area contributed by atoms with Crippen molar-refractivity contribution in [3.05, 3.63) is 93.9 Å². The number of benzene rings is 3. The lowest BCUT2D eigenvalue weighted by molar-refractivity contribution is 0.0539. The Balaban J connectivity index is 1.48. The first kappa shape index (κ1) is 24.9. The number of nitrogens with two attached hydrogens (primary N) is 1. The van der Waals surface area contributed by atoms with E-state index in [1.54, 1.807) is 6.20 Å². The monoisotopic (exact) mass is 560 g/mol. The van der Waals surface area contributed by atoms with Crippen molar-refractivity contribution in [3.8, 4) is 33.9 Å². The average Bonchev–Trinajstić information content (AvgIpc) is 3.64. The van der Waals surface area contributed by atoms with E-state index in [-0.39, 0.29) is 57.8 Å². The van der Waals surface area contributed by atoms with Gasteiger partial charge in [0.25, 0.3) is 0 Å². The number of halogens is 3. The van der Waals surface area contributed by atoms with E-state index < -0.39 is 23.1 Å². The molecule has 4 heterocycles. The molecule has 0 aliphatic carbocycles. The van der Waals surface area contributed by atoms with Gasteiger partial charge in [-0.2, -0.15) is 0 Å². The number of nitrogens with zero attached hydrogens (tertiary/aromatic N) is 2. The van der Waals surface area contributed by atoms with E-state index >= 15 is 8.78 Å². The van der Waals surface area contributed by atoms with E-state index in [0.29, 0.717) is 16.8 Å². The van der Waals surface area contributed by atoms with E-state index in [0.717, 1.165) is 24.9 Å². The molecule has 0 unspecified atom stereocenters. The summed E-state index contributed by atoms with van der Waals surface area (Å²) in [5.74, 6) is -2.46. The number of fused-ring (bicyclic) bond motifs is 4. The molecule has 0 radical (unpaired) electrons. The molecule has 2 atom stereocenters. The second-order valence-electron chi connectivity index (χ2n) is 10.2. The third kappa shape index (κ3) is 3.61. The number of amides is 1. The maximum Gasteiger partial charge on any atom is 0.249 e. The molecule has 7 nitrogen and oxygen atoms in total. The van der Waals surface area contributed by atoms with Gasteiger partial charge >= 0.3 is 0 Å². The Morgan fingerprint density at radius 3 is 2.75 bits per heavy atom. The molecule has 0 saturated carbocycles. The van der Waals surface area contributed by atoms with E-state index in [2.05, 4.69) is 15.3 Å². The van der Waals surface area contributed by atoms with Crippen LogP contribution in [0, 0.1) is 11.6 Å². The molecule has 3 aliphatic heterocycles. The molecular formula is C30H23ClF2N4O3. The number of hydrogen-bond acceptors (Lipinski definition) is 6. The summed E-state index contributed by atoms with van der Waals surface area (Å²) in [4.78, 5) is 21.1. The minimum absolute atomic E-state index is 0.0258. The van der Waals surface area contributed by atoms with Crippen molar-refractivity contribution >= 4 is 17.5 Å². The number of nitrogens with one attached hydrogen (secondary N) is 1. The first-order chi connectivity index (χ1) is 19.4. The van der Waals surface area contributed by atoms with Gasteiger partial charge in [-0.15, -0.1) is 0 Å². The van der Waals surface area contributed by atoms with Crippen molar-refractivity contribution in [2.75, 3.05) is 6.54 Å². The SMILES string of the molecule is NC(=O)c1cc2c(c(F)c1-c1c(Cl)c(F)cc3c1C[C@](c1ccccc1)([C@@H]1CCCN1)O3)OCc1cncnc1-2. The van der Waals surface area contributed by atoms with Crippen LogP contribution in [0.1, 0.15) is 39.9 Å². The summed E-state index contributed by atoms with van der Waals surface area (Å²) in [7, 11) is 0. The smallest absolute Gasteiger partial charge is 0.249 e. The summed E-state index contributed by atoms with van der Waals surface area (Å²) in [6, 6.07) is 12.2. The molecule has 202 valence electrons. The van der Waals surface area contributed by atoms with Crippen molar-refractivity contribution in [2.45, 2.75) is 37.5 Å². The van der Waals surface area contributed by atoms with Crippen molar-refractivity contribution < 1.29 is 23.0 Å². The van der Waals surface area contributed by atoms with E-state index in [4.69, 9.17) is 26.8 Å². The van der Waals surface area contributed by atoms with Gasteiger partial charge in [-0.1, -0.05) is 41.9 Å². The van der Waals surface area contributed by atoms with Gasteiger partial charge in [0, 0.05) is 46.5 Å². The highest BCUT2D eigenvalue weighted by Crippen LogP contribution is 2.53. The molecule has 1 fully saturated rings. The molecule has 3 aliphatic rings. The van der Waals surface area contributed by atoms with Gasteiger partial charge in [0.05, 0.1) is 22.3 Å². The van der Waals surface area contributed by atoms with Crippen molar-refractivity contribution in [2.24, 2.45) is 5.73 Å². The lowest BCUT2D eigenvalue weighted by atomic mass is 9.80. The fourth-order valence-electron chi connectivity index (χ4n) is 6.27. The van der Waals surface area contributed by atoms with Crippen molar-refractivity contribution in [3.63, 3.8) is 0 Å². The van der Waals surface area contributed by atoms with Gasteiger partial charge in [0.15, 0.2) is 17.2 Å². The number of ether oxygens (including phenoxy) is 2. The van der Waals surface area contributed by atoms with Gasteiger partial charge in [-0.25, -0.2) is 18.7 Å². The van der Waals surface area contributed by atoms with Crippen molar-refractivity contribution in [1.29, 1.82) is 0 Å². The van der Waals surface area contributed by atoms with Crippen LogP contribution >= 0.6 is 11.6 Å². The van der Waals surface area contributed by atoms with Gasteiger partial charge in [-0.3, -0.25) is 4.79 Å². The summed E-state index contributed by atoms with van der Waals surface area (Å²) >= 11 is 6.60. The van der Waals surface area contributed by atoms with Crippen LogP contribution in [0.5, 0.6) is 11.5 Å². The molecule has 3 N–H and O–H groups in total. The molecule has 0 spiro atoms. The summed E-state index contributed by atoms with van der Waals surface area (Å²) in [6.45, 7) is 0.840. The highest BCUT2D eigenvalue weighted by Gasteiger charge is 2.50. The summed E-state index contributed by atoms with van der Waals surface area (Å²) in [5.41, 5.74) is 7.24. The van der Waals surface area contributed by atoms with Gasteiger partial charge in [-0.05, 0) is 31.0 Å². The Labute approximate surface area is 233 Å². The number of aromatic nitrogens is 2. The Morgan fingerprint density at radius 1 is 1.18 bits per heavy atom. The molecule has 1 amide bonds. The molecule has 1 saturated heterocycles. The minimum Gasteiger partial charge on any atom is -0.485 e. The second-order valence-corrected chi connectivity index (χ2v) is 10.6. The van der Waals surface area contributed by atoms with Crippen LogP contribution in [0.2, 0.25) is 5.02 Å². The molecule has 3 aromatic carbocycles. The van der Waals surface area contributed by atoms with Gasteiger partial charge in [0.1, 0.15) is 24.5 Å². The molecule has 7 rings (SSSR count). The van der Waals surface area contributed by atoms with Crippen LogP contribution in [-0.2, 0) is 18.6 Å². The number of rotatable bonds is 4.